The molecule has 5 heteroatoms. The second kappa shape index (κ2) is 7.33. The van der Waals surface area contributed by atoms with E-state index in [-0.39, 0.29) is 17.6 Å². The van der Waals surface area contributed by atoms with E-state index in [1.807, 2.05) is 0 Å². The normalized spacial score (nSPS) is 13.7. The smallest absolute Gasteiger partial charge is 0.184 e. The van der Waals surface area contributed by atoms with Gasteiger partial charge in [0.1, 0.15) is 11.6 Å². The lowest BCUT2D eigenvalue weighted by atomic mass is 9.98. The Bertz CT molecular complexity index is 670. The largest absolute Gasteiger partial charge is 0.367 e. The fraction of sp³-hybridized carbons (Fsp3) is 0.333. The molecule has 1 aromatic carbocycles. The minimum atomic E-state index is -0.807. The number of halogens is 1. The van der Waals surface area contributed by atoms with Crippen molar-refractivity contribution in [2.24, 2.45) is 11.7 Å². The molecule has 4 nitrogen and oxygen atoms in total. The molecule has 0 saturated heterocycles. The van der Waals surface area contributed by atoms with E-state index < -0.39 is 6.04 Å². The van der Waals surface area contributed by atoms with Gasteiger partial charge in [0.25, 0.3) is 0 Å². The van der Waals surface area contributed by atoms with Crippen LogP contribution in [-0.4, -0.2) is 16.8 Å². The van der Waals surface area contributed by atoms with Gasteiger partial charge >= 0.3 is 0 Å². The number of benzene rings is 1. The summed E-state index contributed by atoms with van der Waals surface area (Å²) in [6, 6.07) is 8.34. The number of hydrogen-bond acceptors (Lipinski definition) is 4. The lowest BCUT2D eigenvalue weighted by molar-refractivity contribution is 0.0961. The van der Waals surface area contributed by atoms with Crippen molar-refractivity contribution in [3.63, 3.8) is 0 Å². The molecular weight excluding hydrogens is 293 g/mol. The number of hydrogen-bond donors (Lipinski definition) is 2. The molecule has 0 spiro atoms. The van der Waals surface area contributed by atoms with Crippen LogP contribution in [-0.2, 0) is 0 Å². The van der Waals surface area contributed by atoms with Crippen molar-refractivity contribution in [1.29, 1.82) is 0 Å². The minimum absolute atomic E-state index is 0.251. The van der Waals surface area contributed by atoms with E-state index in [9.17, 15) is 9.18 Å². The molecular formula is C18H22FN3O. The highest BCUT2D eigenvalue weighted by Crippen LogP contribution is 2.19. The third kappa shape index (κ3) is 4.36. The lowest BCUT2D eigenvalue weighted by Gasteiger charge is -2.19. The van der Waals surface area contributed by atoms with Crippen molar-refractivity contribution in [1.82, 2.24) is 4.98 Å². The van der Waals surface area contributed by atoms with E-state index in [4.69, 9.17) is 5.73 Å². The second-order valence-electron chi connectivity index (χ2n) is 6.00. The number of pyridine rings is 1. The summed E-state index contributed by atoms with van der Waals surface area (Å²) in [6.45, 7) is 6.30. The molecule has 1 heterocycles. The number of ketones is 1. The first kappa shape index (κ1) is 17.1. The molecule has 2 unspecified atom stereocenters. The molecule has 0 radical (unpaired) electrons. The van der Waals surface area contributed by atoms with Crippen molar-refractivity contribution in [3.05, 3.63) is 59.5 Å². The summed E-state index contributed by atoms with van der Waals surface area (Å²) >= 11 is 0. The van der Waals surface area contributed by atoms with Crippen molar-refractivity contribution >= 4 is 11.6 Å². The fourth-order valence-corrected chi connectivity index (χ4v) is 2.06. The summed E-state index contributed by atoms with van der Waals surface area (Å²) in [5.74, 6) is 0.508. The molecule has 2 atom stereocenters. The Morgan fingerprint density at radius 3 is 2.43 bits per heavy atom. The predicted octanol–water partition coefficient (Wildman–Crippen LogP) is 3.56. The van der Waals surface area contributed by atoms with E-state index in [0.717, 1.165) is 0 Å². The number of nitrogens with two attached hydrogens (primary N) is 1. The van der Waals surface area contributed by atoms with Crippen LogP contribution in [0.25, 0.3) is 0 Å². The molecule has 0 bridgehead atoms. The Balaban J connectivity index is 2.17. The maximum atomic E-state index is 13.0. The average molecular weight is 315 g/mol. The highest BCUT2D eigenvalue weighted by atomic mass is 19.1. The summed E-state index contributed by atoms with van der Waals surface area (Å²) in [6.07, 6.45) is 1.63. The van der Waals surface area contributed by atoms with E-state index in [1.54, 1.807) is 18.3 Å². The van der Waals surface area contributed by atoms with Gasteiger partial charge < -0.3 is 11.1 Å². The van der Waals surface area contributed by atoms with Gasteiger partial charge in [-0.25, -0.2) is 9.37 Å². The molecule has 3 N–H and O–H groups in total. The van der Waals surface area contributed by atoms with E-state index >= 15 is 0 Å². The van der Waals surface area contributed by atoms with Gasteiger partial charge in [0, 0.05) is 17.8 Å². The van der Waals surface area contributed by atoms with Gasteiger partial charge in [0.05, 0.1) is 6.04 Å². The van der Waals surface area contributed by atoms with Gasteiger partial charge in [-0.3, -0.25) is 4.79 Å². The summed E-state index contributed by atoms with van der Waals surface area (Å²) in [5.41, 5.74) is 7.13. The number of nitrogens with zero attached hydrogens (tertiary/aromatic N) is 1. The van der Waals surface area contributed by atoms with Crippen molar-refractivity contribution in [2.75, 3.05) is 5.32 Å². The number of anilines is 1. The molecule has 0 aliphatic carbocycles. The molecule has 2 rings (SSSR count). The monoisotopic (exact) mass is 315 g/mol. The third-order valence-electron chi connectivity index (χ3n) is 3.93. The molecule has 0 saturated carbocycles. The van der Waals surface area contributed by atoms with Gasteiger partial charge in [0.2, 0.25) is 0 Å². The quantitative estimate of drug-likeness (QED) is 0.800. The van der Waals surface area contributed by atoms with Crippen LogP contribution >= 0.6 is 0 Å². The Morgan fingerprint density at radius 1 is 1.17 bits per heavy atom. The van der Waals surface area contributed by atoms with Gasteiger partial charge in [-0.15, -0.1) is 0 Å². The molecule has 0 aliphatic rings. The Labute approximate surface area is 135 Å². The van der Waals surface area contributed by atoms with Crippen molar-refractivity contribution in [3.8, 4) is 0 Å². The first-order valence-electron chi connectivity index (χ1n) is 7.66. The van der Waals surface area contributed by atoms with Crippen LogP contribution in [0, 0.1) is 11.7 Å². The van der Waals surface area contributed by atoms with Gasteiger partial charge in [-0.05, 0) is 54.8 Å². The Morgan fingerprint density at radius 2 is 1.83 bits per heavy atom. The fourth-order valence-electron chi connectivity index (χ4n) is 2.06. The van der Waals surface area contributed by atoms with Gasteiger partial charge in [0.15, 0.2) is 5.78 Å². The van der Waals surface area contributed by atoms with Crippen molar-refractivity contribution in [2.45, 2.75) is 32.9 Å². The Hall–Kier alpha value is -2.27. The number of Topliss-reactive ketones (excluding diaryl/α,β-unsaturated/α-hetero) is 1. The Kier molecular flexibility index (Phi) is 5.45. The summed E-state index contributed by atoms with van der Waals surface area (Å²) in [4.78, 5) is 16.7. The SMILES string of the molecule is CC(C)C(C)Nc1cc(C(N)C(=O)c2ccc(F)cc2)ccn1. The average Bonchev–Trinajstić information content (AvgIpc) is 2.54. The van der Waals surface area contributed by atoms with Crippen LogP contribution in [0.15, 0.2) is 42.6 Å². The topological polar surface area (TPSA) is 68.0 Å². The third-order valence-corrected chi connectivity index (χ3v) is 3.93. The minimum Gasteiger partial charge on any atom is -0.367 e. The lowest BCUT2D eigenvalue weighted by Crippen LogP contribution is -2.24. The van der Waals surface area contributed by atoms with E-state index in [0.29, 0.717) is 22.9 Å². The zero-order valence-corrected chi connectivity index (χ0v) is 13.6. The zero-order chi connectivity index (χ0) is 17.0. The second-order valence-corrected chi connectivity index (χ2v) is 6.00. The molecule has 2 aromatic rings. The number of rotatable bonds is 6. The summed E-state index contributed by atoms with van der Waals surface area (Å²) < 4.78 is 13.0. The highest BCUT2D eigenvalue weighted by molar-refractivity contribution is 6.00. The zero-order valence-electron chi connectivity index (χ0n) is 13.6. The predicted molar refractivity (Wildman–Crippen MR) is 89.8 cm³/mol. The van der Waals surface area contributed by atoms with E-state index in [1.165, 1.54) is 24.3 Å². The first-order valence-corrected chi connectivity index (χ1v) is 7.66. The summed E-state index contributed by atoms with van der Waals surface area (Å²) in [5, 5.41) is 3.30. The maximum absolute atomic E-state index is 13.0. The van der Waals surface area contributed by atoms with Crippen LogP contribution in [0.1, 0.15) is 42.7 Å². The molecule has 0 fully saturated rings. The molecule has 0 amide bonds. The maximum Gasteiger partial charge on any atom is 0.184 e. The number of carbonyl (C=O) groups is 1. The van der Waals surface area contributed by atoms with Gasteiger partial charge in [-0.2, -0.15) is 0 Å². The van der Waals surface area contributed by atoms with Crippen LogP contribution in [0.2, 0.25) is 0 Å². The van der Waals surface area contributed by atoms with Crippen LogP contribution < -0.4 is 11.1 Å². The molecule has 122 valence electrons. The van der Waals surface area contributed by atoms with E-state index in [2.05, 4.69) is 31.1 Å². The number of aromatic nitrogens is 1. The van der Waals surface area contributed by atoms with Crippen LogP contribution in [0.4, 0.5) is 10.2 Å². The summed E-state index contributed by atoms with van der Waals surface area (Å²) in [7, 11) is 0. The van der Waals surface area contributed by atoms with Crippen LogP contribution in [0.3, 0.4) is 0 Å². The van der Waals surface area contributed by atoms with Gasteiger partial charge in [-0.1, -0.05) is 13.8 Å². The van der Waals surface area contributed by atoms with Crippen molar-refractivity contribution < 1.29 is 9.18 Å². The standard InChI is InChI=1S/C18H22FN3O/c1-11(2)12(3)22-16-10-14(8-9-21-16)17(20)18(23)13-4-6-15(19)7-5-13/h4-12,17H,20H2,1-3H3,(H,21,22). The molecule has 23 heavy (non-hydrogen) atoms. The highest BCUT2D eigenvalue weighted by Gasteiger charge is 2.19. The number of nitrogens with one attached hydrogen (secondary N) is 1. The molecule has 0 aliphatic heterocycles. The van der Waals surface area contributed by atoms with Crippen LogP contribution in [0.5, 0.6) is 0 Å². The first-order chi connectivity index (χ1) is 10.9. The molecule has 1 aromatic heterocycles. The number of carbonyl (C=O) groups excluding carboxylic acids is 1.